The van der Waals surface area contributed by atoms with Gasteiger partial charge in [0.15, 0.2) is 0 Å². The molecule has 1 aromatic heterocycles. The van der Waals surface area contributed by atoms with Crippen molar-refractivity contribution < 1.29 is 19.5 Å². The van der Waals surface area contributed by atoms with Crippen molar-refractivity contribution >= 4 is 17.8 Å². The number of nitrogens with two attached hydrogens (primary N) is 1. The van der Waals surface area contributed by atoms with Gasteiger partial charge in [-0.15, -0.1) is 5.10 Å². The number of aliphatic carboxylic acids is 1. The number of carbonyl (C=O) groups is 3. The molecule has 0 aliphatic carbocycles. The molecule has 21 heavy (non-hydrogen) atoms. The Kier molecular flexibility index (Phi) is 6.27. The van der Waals surface area contributed by atoms with Gasteiger partial charge in [0.1, 0.15) is 12.6 Å². The summed E-state index contributed by atoms with van der Waals surface area (Å²) in [6.45, 7) is 2.00. The molecule has 0 radical (unpaired) electrons. The van der Waals surface area contributed by atoms with Gasteiger partial charge in [0.2, 0.25) is 11.8 Å². The van der Waals surface area contributed by atoms with Crippen molar-refractivity contribution in [1.82, 2.24) is 25.6 Å². The minimum absolute atomic E-state index is 0.0412. The number of carbonyl (C=O) groups excluding carboxylic acids is 2. The van der Waals surface area contributed by atoms with Gasteiger partial charge in [0.05, 0.1) is 5.69 Å². The average Bonchev–Trinajstić information content (AvgIpc) is 2.81. The molecule has 0 spiro atoms. The highest BCUT2D eigenvalue weighted by Crippen LogP contribution is 1.97. The van der Waals surface area contributed by atoms with Crippen molar-refractivity contribution in [2.75, 3.05) is 13.1 Å². The van der Waals surface area contributed by atoms with Crippen molar-refractivity contribution in [1.29, 1.82) is 0 Å². The van der Waals surface area contributed by atoms with E-state index in [2.05, 4.69) is 20.9 Å². The first kappa shape index (κ1) is 16.6. The highest BCUT2D eigenvalue weighted by molar-refractivity contribution is 5.76. The smallest absolute Gasteiger partial charge is 0.320 e. The molecule has 0 aliphatic heterocycles. The molecule has 0 aromatic carbocycles. The largest absolute Gasteiger partial charge is 0.480 e. The predicted molar refractivity (Wildman–Crippen MR) is 71.0 cm³/mol. The van der Waals surface area contributed by atoms with Crippen molar-refractivity contribution in [2.24, 2.45) is 5.73 Å². The second kappa shape index (κ2) is 7.94. The van der Waals surface area contributed by atoms with E-state index in [1.54, 1.807) is 0 Å². The number of carboxylic acids is 1. The zero-order valence-corrected chi connectivity index (χ0v) is 11.6. The molecule has 10 nitrogen and oxygen atoms in total. The summed E-state index contributed by atoms with van der Waals surface area (Å²) in [5.74, 6) is -1.58. The van der Waals surface area contributed by atoms with E-state index in [1.807, 2.05) is 0 Å². The standard InChI is InChI=1S/C11H18N6O4/c1-7(18)13-2-3-14-10(19)6-17-5-8(15-16-17)4-9(12)11(20)21/h5,9H,2-4,6,12H2,1H3,(H,13,18)(H,14,19)(H,20,21). The van der Waals surface area contributed by atoms with Gasteiger partial charge in [0.25, 0.3) is 0 Å². The summed E-state index contributed by atoms with van der Waals surface area (Å²) in [6, 6.07) is -1.05. The third-order valence-corrected chi connectivity index (χ3v) is 2.46. The normalized spacial score (nSPS) is 11.7. The van der Waals surface area contributed by atoms with Crippen LogP contribution in [-0.4, -0.2) is 57.0 Å². The van der Waals surface area contributed by atoms with Gasteiger partial charge >= 0.3 is 5.97 Å². The van der Waals surface area contributed by atoms with Crippen LogP contribution in [-0.2, 0) is 27.3 Å². The zero-order chi connectivity index (χ0) is 15.8. The topological polar surface area (TPSA) is 152 Å². The molecule has 0 bridgehead atoms. The summed E-state index contributed by atoms with van der Waals surface area (Å²) in [5, 5.41) is 21.3. The Morgan fingerprint density at radius 1 is 1.38 bits per heavy atom. The summed E-state index contributed by atoms with van der Waals surface area (Å²) >= 11 is 0. The number of hydrogen-bond acceptors (Lipinski definition) is 6. The van der Waals surface area contributed by atoms with Crippen LogP contribution in [0.4, 0.5) is 0 Å². The summed E-state index contributed by atoms with van der Waals surface area (Å²) in [6.07, 6.45) is 1.51. The molecule has 116 valence electrons. The Balaban J connectivity index is 2.35. The van der Waals surface area contributed by atoms with Crippen LogP contribution in [0.5, 0.6) is 0 Å². The molecule has 1 heterocycles. The fourth-order valence-electron chi connectivity index (χ4n) is 1.47. The number of carboxylic acid groups (broad SMARTS) is 1. The van der Waals surface area contributed by atoms with E-state index in [9.17, 15) is 14.4 Å². The summed E-state index contributed by atoms with van der Waals surface area (Å²) in [5.41, 5.74) is 5.77. The van der Waals surface area contributed by atoms with Gasteiger partial charge < -0.3 is 21.5 Å². The van der Waals surface area contributed by atoms with Gasteiger partial charge in [-0.1, -0.05) is 5.21 Å². The zero-order valence-electron chi connectivity index (χ0n) is 11.6. The lowest BCUT2D eigenvalue weighted by Gasteiger charge is -2.05. The Bertz CT molecular complexity index is 515. The number of amides is 2. The average molecular weight is 298 g/mol. The fraction of sp³-hybridized carbons (Fsp3) is 0.545. The number of nitrogens with zero attached hydrogens (tertiary/aromatic N) is 3. The lowest BCUT2D eigenvalue weighted by Crippen LogP contribution is -2.35. The first-order chi connectivity index (χ1) is 9.88. The molecular weight excluding hydrogens is 280 g/mol. The molecule has 0 saturated heterocycles. The molecule has 0 fully saturated rings. The lowest BCUT2D eigenvalue weighted by atomic mass is 10.2. The molecular formula is C11H18N6O4. The predicted octanol–water partition coefficient (Wildman–Crippen LogP) is -2.52. The highest BCUT2D eigenvalue weighted by atomic mass is 16.4. The van der Waals surface area contributed by atoms with Gasteiger partial charge in [-0.3, -0.25) is 14.4 Å². The third-order valence-electron chi connectivity index (χ3n) is 2.46. The second-order valence-electron chi connectivity index (χ2n) is 4.39. The number of rotatable bonds is 8. The van der Waals surface area contributed by atoms with Crippen molar-refractivity contribution in [3.05, 3.63) is 11.9 Å². The van der Waals surface area contributed by atoms with Crippen LogP contribution in [0.3, 0.4) is 0 Å². The van der Waals surface area contributed by atoms with E-state index in [1.165, 1.54) is 17.8 Å². The molecule has 1 rings (SSSR count). The van der Waals surface area contributed by atoms with E-state index in [0.717, 1.165) is 0 Å². The molecule has 1 atom stereocenters. The summed E-state index contributed by atoms with van der Waals surface area (Å²) < 4.78 is 1.29. The van der Waals surface area contributed by atoms with Crippen LogP contribution in [0.15, 0.2) is 6.20 Å². The maximum Gasteiger partial charge on any atom is 0.320 e. The Morgan fingerprint density at radius 3 is 2.67 bits per heavy atom. The Labute approximate surface area is 120 Å². The molecule has 5 N–H and O–H groups in total. The lowest BCUT2D eigenvalue weighted by molar-refractivity contribution is -0.138. The molecule has 1 unspecified atom stereocenters. The van der Waals surface area contributed by atoms with Gasteiger partial charge in [-0.05, 0) is 0 Å². The van der Waals surface area contributed by atoms with Crippen LogP contribution in [0.1, 0.15) is 12.6 Å². The monoisotopic (exact) mass is 298 g/mol. The molecule has 10 heteroatoms. The maximum absolute atomic E-state index is 11.6. The SMILES string of the molecule is CC(=O)NCCNC(=O)Cn1cc(CC(N)C(=O)O)nn1. The quantitative estimate of drug-likeness (QED) is 0.386. The number of nitrogens with one attached hydrogen (secondary N) is 2. The van der Waals surface area contributed by atoms with Gasteiger partial charge in [-0.25, -0.2) is 4.68 Å². The molecule has 0 aliphatic rings. The maximum atomic E-state index is 11.6. The van der Waals surface area contributed by atoms with Crippen LogP contribution >= 0.6 is 0 Å². The summed E-state index contributed by atoms with van der Waals surface area (Å²) in [4.78, 5) is 32.8. The highest BCUT2D eigenvalue weighted by Gasteiger charge is 2.14. The van der Waals surface area contributed by atoms with E-state index in [4.69, 9.17) is 10.8 Å². The second-order valence-corrected chi connectivity index (χ2v) is 4.39. The van der Waals surface area contributed by atoms with Crippen LogP contribution < -0.4 is 16.4 Å². The first-order valence-electron chi connectivity index (χ1n) is 6.27. The van der Waals surface area contributed by atoms with Crippen LogP contribution in [0.25, 0.3) is 0 Å². The van der Waals surface area contributed by atoms with Gasteiger partial charge in [-0.2, -0.15) is 0 Å². The van der Waals surface area contributed by atoms with Crippen LogP contribution in [0.2, 0.25) is 0 Å². The molecule has 0 saturated carbocycles. The number of hydrogen-bond donors (Lipinski definition) is 4. The minimum Gasteiger partial charge on any atom is -0.480 e. The van der Waals surface area contributed by atoms with E-state index >= 15 is 0 Å². The van der Waals surface area contributed by atoms with Crippen molar-refractivity contribution in [2.45, 2.75) is 25.9 Å². The minimum atomic E-state index is -1.12. The van der Waals surface area contributed by atoms with Crippen molar-refractivity contribution in [3.63, 3.8) is 0 Å². The summed E-state index contributed by atoms with van der Waals surface area (Å²) in [7, 11) is 0. The molecule has 2 amide bonds. The van der Waals surface area contributed by atoms with Gasteiger partial charge in [0, 0.05) is 32.6 Å². The number of aromatic nitrogens is 3. The first-order valence-corrected chi connectivity index (χ1v) is 6.27. The Morgan fingerprint density at radius 2 is 2.05 bits per heavy atom. The van der Waals surface area contributed by atoms with E-state index in [-0.39, 0.29) is 24.8 Å². The third kappa shape index (κ3) is 6.47. The van der Waals surface area contributed by atoms with Crippen LogP contribution in [0, 0.1) is 0 Å². The Hall–Kier alpha value is -2.49. The van der Waals surface area contributed by atoms with E-state index < -0.39 is 12.0 Å². The molecule has 1 aromatic rings. The van der Waals surface area contributed by atoms with Crippen molar-refractivity contribution in [3.8, 4) is 0 Å². The van der Waals surface area contributed by atoms with E-state index in [0.29, 0.717) is 18.8 Å². The fourth-order valence-corrected chi connectivity index (χ4v) is 1.47.